The number of amides is 2. The Bertz CT molecular complexity index is 1280. The molecule has 1 heterocycles. The summed E-state index contributed by atoms with van der Waals surface area (Å²) in [5, 5.41) is 9.59. The number of aliphatic hydroxyl groups excluding tert-OH is 1. The third kappa shape index (κ3) is 10.2. The quantitative estimate of drug-likeness (QED) is 0.150. The molecule has 0 bridgehead atoms. The smallest absolute Gasteiger partial charge is 0.417 e. The number of unbranched alkanes of at least 4 members (excludes halogenated alkanes) is 2. The largest absolute Gasteiger partial charge is 0.451 e. The van der Waals surface area contributed by atoms with Gasteiger partial charge in [0.1, 0.15) is 12.6 Å². The molecular weight excluding hydrogens is 570 g/mol. The second kappa shape index (κ2) is 17.8. The lowest BCUT2D eigenvalue weighted by molar-refractivity contribution is -0.166. The van der Waals surface area contributed by atoms with Crippen LogP contribution in [-0.4, -0.2) is 78.2 Å². The molecule has 0 aromatic heterocycles. The molecule has 2 aromatic carbocycles. The van der Waals surface area contributed by atoms with E-state index in [1.807, 2.05) is 30.3 Å². The topological polar surface area (TPSA) is 146 Å². The number of rotatable bonds is 18. The lowest BCUT2D eigenvalue weighted by Gasteiger charge is -2.27. The molecule has 0 saturated carbocycles. The van der Waals surface area contributed by atoms with Crippen molar-refractivity contribution in [2.75, 3.05) is 20.3 Å². The van der Waals surface area contributed by atoms with Crippen molar-refractivity contribution in [1.82, 2.24) is 4.90 Å². The van der Waals surface area contributed by atoms with Gasteiger partial charge in [-0.15, -0.1) is 0 Å². The van der Waals surface area contributed by atoms with E-state index in [0.717, 1.165) is 43.1 Å². The van der Waals surface area contributed by atoms with Crippen molar-refractivity contribution < 1.29 is 48.0 Å². The van der Waals surface area contributed by atoms with Crippen molar-refractivity contribution in [3.63, 3.8) is 0 Å². The standard InChI is InChI=1S/C33H39NO10/c1-23(36)44-30(31(41-2)32(39)34-28(22-43-33(34)40)25-14-8-4-9-15-25)29(38)19-18-26(37)16-10-5-11-17-27(20-35)42-21-24-12-6-3-7-13-24/h3-4,6-9,12-15,18-19,27-28,30-31,35H,5,10-11,16-17,20-22H2,1-2H3/b19-18+/t27-,28?,30+,31-/m0/s1. The van der Waals surface area contributed by atoms with E-state index < -0.39 is 42.0 Å². The SMILES string of the molecule is CO[C@H](C(=O)N1C(=O)OCC1c1ccccc1)[C@H](OC(C)=O)C(=O)/C=C/C(=O)CCCCC[C@@H](CO)OCc1ccccc1. The number of hydrogen-bond acceptors (Lipinski definition) is 10. The molecule has 4 atom stereocenters. The lowest BCUT2D eigenvalue weighted by Crippen LogP contribution is -2.51. The second-order valence-electron chi connectivity index (χ2n) is 10.3. The van der Waals surface area contributed by atoms with Crippen LogP contribution in [0.5, 0.6) is 0 Å². The Labute approximate surface area is 256 Å². The molecule has 3 rings (SSSR count). The van der Waals surface area contributed by atoms with E-state index >= 15 is 0 Å². The van der Waals surface area contributed by atoms with Gasteiger partial charge in [0.2, 0.25) is 0 Å². The summed E-state index contributed by atoms with van der Waals surface area (Å²) >= 11 is 0. The lowest BCUT2D eigenvalue weighted by atomic mass is 10.0. The van der Waals surface area contributed by atoms with Gasteiger partial charge in [-0.05, 0) is 36.1 Å². The molecular formula is C33H39NO10. The number of allylic oxidation sites excluding steroid dienone is 1. The number of nitrogens with zero attached hydrogens (tertiary/aromatic N) is 1. The molecule has 0 radical (unpaired) electrons. The number of esters is 1. The minimum absolute atomic E-state index is 0.0903. The molecule has 11 heteroatoms. The number of hydrogen-bond donors (Lipinski definition) is 1. The van der Waals surface area contributed by atoms with E-state index in [-0.39, 0.29) is 31.5 Å². The first-order chi connectivity index (χ1) is 21.2. The number of benzene rings is 2. The van der Waals surface area contributed by atoms with E-state index in [9.17, 15) is 29.1 Å². The van der Waals surface area contributed by atoms with E-state index in [4.69, 9.17) is 18.9 Å². The van der Waals surface area contributed by atoms with E-state index in [0.29, 0.717) is 31.4 Å². The van der Waals surface area contributed by atoms with Crippen LogP contribution in [0.25, 0.3) is 0 Å². The van der Waals surface area contributed by atoms with Gasteiger partial charge in [-0.1, -0.05) is 73.5 Å². The number of methoxy groups -OCH3 is 1. The summed E-state index contributed by atoms with van der Waals surface area (Å²) in [6, 6.07) is 17.6. The summed E-state index contributed by atoms with van der Waals surface area (Å²) < 4.78 is 21.3. The van der Waals surface area contributed by atoms with Gasteiger partial charge in [-0.25, -0.2) is 9.69 Å². The highest BCUT2D eigenvalue weighted by atomic mass is 16.6. The average Bonchev–Trinajstić information content (AvgIpc) is 3.42. The molecule has 44 heavy (non-hydrogen) atoms. The summed E-state index contributed by atoms with van der Waals surface area (Å²) in [6.45, 7) is 1.28. The number of imide groups is 1. The summed E-state index contributed by atoms with van der Waals surface area (Å²) in [5.41, 5.74) is 1.65. The van der Waals surface area contributed by atoms with Crippen molar-refractivity contribution in [2.24, 2.45) is 0 Å². The maximum atomic E-state index is 13.5. The fourth-order valence-corrected chi connectivity index (χ4v) is 4.74. The first-order valence-electron chi connectivity index (χ1n) is 14.5. The van der Waals surface area contributed by atoms with Crippen LogP contribution in [-0.2, 0) is 44.7 Å². The fraction of sp³-hybridized carbons (Fsp3) is 0.424. The third-order valence-corrected chi connectivity index (χ3v) is 7.06. The fourth-order valence-electron chi connectivity index (χ4n) is 4.74. The molecule has 2 amide bonds. The van der Waals surface area contributed by atoms with Gasteiger partial charge in [0.15, 0.2) is 23.8 Å². The molecule has 1 saturated heterocycles. The highest BCUT2D eigenvalue weighted by Gasteiger charge is 2.46. The maximum Gasteiger partial charge on any atom is 0.417 e. The van der Waals surface area contributed by atoms with Crippen molar-refractivity contribution in [1.29, 1.82) is 0 Å². The number of cyclic esters (lactones) is 1. The van der Waals surface area contributed by atoms with Crippen molar-refractivity contribution in [3.05, 3.63) is 83.9 Å². The predicted molar refractivity (Wildman–Crippen MR) is 158 cm³/mol. The van der Waals surface area contributed by atoms with Gasteiger partial charge in [-0.3, -0.25) is 19.2 Å². The zero-order valence-electron chi connectivity index (χ0n) is 25.0. The number of aliphatic hydroxyl groups is 1. The normalized spacial score (nSPS) is 16.8. The zero-order chi connectivity index (χ0) is 31.9. The van der Waals surface area contributed by atoms with Gasteiger partial charge in [-0.2, -0.15) is 0 Å². The second-order valence-corrected chi connectivity index (χ2v) is 10.3. The summed E-state index contributed by atoms with van der Waals surface area (Å²) in [6.07, 6.45) is 0.226. The van der Waals surface area contributed by atoms with Crippen molar-refractivity contribution in [3.8, 4) is 0 Å². The highest BCUT2D eigenvalue weighted by molar-refractivity contribution is 6.05. The van der Waals surface area contributed by atoms with Crippen LogP contribution in [0, 0.1) is 0 Å². The summed E-state index contributed by atoms with van der Waals surface area (Å²) in [5.74, 6) is -2.95. The molecule has 2 aromatic rings. The van der Waals surface area contributed by atoms with Crippen LogP contribution in [0.2, 0.25) is 0 Å². The van der Waals surface area contributed by atoms with Crippen molar-refractivity contribution >= 4 is 29.5 Å². The number of ether oxygens (including phenoxy) is 4. The monoisotopic (exact) mass is 609 g/mol. The molecule has 1 fully saturated rings. The van der Waals surface area contributed by atoms with Crippen LogP contribution in [0.15, 0.2) is 72.8 Å². The van der Waals surface area contributed by atoms with E-state index in [1.54, 1.807) is 30.3 Å². The van der Waals surface area contributed by atoms with Crippen LogP contribution in [0.4, 0.5) is 4.79 Å². The van der Waals surface area contributed by atoms with Crippen molar-refractivity contribution in [2.45, 2.75) is 70.0 Å². The molecule has 11 nitrogen and oxygen atoms in total. The number of carbonyl (C=O) groups is 5. The highest BCUT2D eigenvalue weighted by Crippen LogP contribution is 2.29. The molecule has 1 unspecified atom stereocenters. The first kappa shape index (κ1) is 34.3. The Morgan fingerprint density at radius 2 is 1.66 bits per heavy atom. The van der Waals surface area contributed by atoms with E-state index in [1.165, 1.54) is 0 Å². The molecule has 236 valence electrons. The Kier molecular flexibility index (Phi) is 13.9. The average molecular weight is 610 g/mol. The molecule has 1 aliphatic rings. The Morgan fingerprint density at radius 3 is 2.30 bits per heavy atom. The van der Waals surface area contributed by atoms with Gasteiger partial charge in [0.05, 0.1) is 19.3 Å². The number of carbonyl (C=O) groups excluding carboxylic acids is 5. The Balaban J connectivity index is 1.52. The van der Waals surface area contributed by atoms with Gasteiger partial charge in [0, 0.05) is 20.5 Å². The number of ketones is 2. The maximum absolute atomic E-state index is 13.5. The van der Waals surface area contributed by atoms with Crippen LogP contribution < -0.4 is 0 Å². The van der Waals surface area contributed by atoms with Gasteiger partial charge < -0.3 is 24.1 Å². The van der Waals surface area contributed by atoms with Gasteiger partial charge >= 0.3 is 12.1 Å². The third-order valence-electron chi connectivity index (χ3n) is 7.06. The van der Waals surface area contributed by atoms with E-state index in [2.05, 4.69) is 0 Å². The zero-order valence-corrected chi connectivity index (χ0v) is 25.0. The van der Waals surface area contributed by atoms with Crippen LogP contribution in [0.1, 0.15) is 56.2 Å². The van der Waals surface area contributed by atoms with Crippen LogP contribution in [0.3, 0.4) is 0 Å². The summed E-state index contributed by atoms with van der Waals surface area (Å²) in [7, 11) is 1.15. The Morgan fingerprint density at radius 1 is 0.977 bits per heavy atom. The molecule has 0 aliphatic carbocycles. The first-order valence-corrected chi connectivity index (χ1v) is 14.5. The molecule has 1 N–H and O–H groups in total. The predicted octanol–water partition coefficient (Wildman–Crippen LogP) is 3.88. The summed E-state index contributed by atoms with van der Waals surface area (Å²) in [4.78, 5) is 64.2. The van der Waals surface area contributed by atoms with Gasteiger partial charge in [0.25, 0.3) is 5.91 Å². The molecule has 1 aliphatic heterocycles. The molecule has 0 spiro atoms. The Hall–Kier alpha value is -4.19. The minimum atomic E-state index is -1.73. The van der Waals surface area contributed by atoms with Crippen LogP contribution >= 0.6 is 0 Å². The minimum Gasteiger partial charge on any atom is -0.451 e.